The molecule has 0 spiro atoms. The van der Waals surface area contributed by atoms with Gasteiger partial charge in [0.25, 0.3) is 5.56 Å². The van der Waals surface area contributed by atoms with Crippen LogP contribution in [0.3, 0.4) is 0 Å². The summed E-state index contributed by atoms with van der Waals surface area (Å²) in [5.74, 6) is -0.979. The van der Waals surface area contributed by atoms with Crippen LogP contribution in [-0.2, 0) is 14.3 Å². The van der Waals surface area contributed by atoms with Gasteiger partial charge in [0.05, 0.1) is 35.5 Å². The molecule has 0 bridgehead atoms. The second-order valence-corrected chi connectivity index (χ2v) is 9.94. The number of aliphatic carboxylic acids is 1. The summed E-state index contributed by atoms with van der Waals surface area (Å²) < 4.78 is 18.2. The molecule has 9 nitrogen and oxygen atoms in total. The van der Waals surface area contributed by atoms with Crippen LogP contribution in [0.4, 0.5) is 0 Å². The Kier molecular flexibility index (Phi) is 7.52. The van der Waals surface area contributed by atoms with E-state index in [0.29, 0.717) is 37.7 Å². The summed E-state index contributed by atoms with van der Waals surface area (Å²) in [5.41, 5.74) is 1.77. The molecule has 2 heterocycles. The third-order valence-electron chi connectivity index (χ3n) is 6.48. The van der Waals surface area contributed by atoms with Crippen LogP contribution < -0.4 is 29.5 Å². The average Bonchev–Trinajstić information content (AvgIpc) is 3.25. The zero-order valence-electron chi connectivity index (χ0n) is 22.0. The number of carbonyl (C=O) groups is 2. The first-order valence-electron chi connectivity index (χ1n) is 12.5. The summed E-state index contributed by atoms with van der Waals surface area (Å²) in [6.45, 7) is 3.07. The Labute approximate surface area is 232 Å². The van der Waals surface area contributed by atoms with Crippen molar-refractivity contribution in [3.8, 4) is 11.5 Å². The van der Waals surface area contributed by atoms with Crippen LogP contribution in [0.1, 0.15) is 31.0 Å². The van der Waals surface area contributed by atoms with E-state index in [1.54, 1.807) is 51.3 Å². The van der Waals surface area contributed by atoms with Gasteiger partial charge in [-0.3, -0.25) is 9.36 Å². The van der Waals surface area contributed by atoms with Crippen LogP contribution in [0.15, 0.2) is 81.7 Å². The summed E-state index contributed by atoms with van der Waals surface area (Å²) in [6, 6.07) is 17.3. The van der Waals surface area contributed by atoms with Crippen LogP contribution in [0.2, 0.25) is 0 Å². The number of carboxylic acid groups (broad SMARTS) is 1. The number of thiazole rings is 1. The molecule has 1 aromatic heterocycles. The number of esters is 1. The number of nitrogens with zero attached hydrogens (tertiary/aromatic N) is 2. The number of benzene rings is 3. The second-order valence-electron chi connectivity index (χ2n) is 8.93. The van der Waals surface area contributed by atoms with Crippen molar-refractivity contribution in [2.75, 3.05) is 20.3 Å². The highest BCUT2D eigenvalue weighted by molar-refractivity contribution is 7.07. The summed E-state index contributed by atoms with van der Waals surface area (Å²) in [7, 11) is 1.55. The lowest BCUT2D eigenvalue weighted by atomic mass is 9.90. The molecule has 0 fully saturated rings. The highest BCUT2D eigenvalue weighted by atomic mass is 32.1. The van der Waals surface area contributed by atoms with Gasteiger partial charge in [-0.2, -0.15) is 0 Å². The summed E-state index contributed by atoms with van der Waals surface area (Å²) in [6.07, 6.45) is 1.72. The molecule has 0 aliphatic carbocycles. The molecule has 1 aliphatic rings. The van der Waals surface area contributed by atoms with Gasteiger partial charge in [0, 0.05) is 5.56 Å². The molecule has 40 heavy (non-hydrogen) atoms. The maximum atomic E-state index is 14.0. The summed E-state index contributed by atoms with van der Waals surface area (Å²) in [5, 5.41) is 12.4. The average molecular weight is 558 g/mol. The topological polar surface area (TPSA) is 119 Å². The minimum Gasteiger partial charge on any atom is -0.546 e. The Bertz CT molecular complexity index is 1830. The van der Waals surface area contributed by atoms with Gasteiger partial charge in [-0.25, -0.2) is 9.79 Å². The number of allylic oxidation sites excluding steroid dienone is 1. The Hall–Kier alpha value is -4.70. The predicted octanol–water partition coefficient (Wildman–Crippen LogP) is 2.09. The van der Waals surface area contributed by atoms with Gasteiger partial charge in [0.15, 0.2) is 4.80 Å². The number of methoxy groups -OCH3 is 1. The van der Waals surface area contributed by atoms with Crippen molar-refractivity contribution in [1.29, 1.82) is 0 Å². The third kappa shape index (κ3) is 5.01. The van der Waals surface area contributed by atoms with E-state index >= 15 is 0 Å². The standard InChI is InChI=1S/C30H26N2O7S/c1-4-38-29(36)25-17(2)31-30-32(27(25)26-21-8-6-5-7-19(21)11-14-22(26)37-3)28(35)23(40-30)15-18-9-12-20(13-10-18)39-16-24(33)34/h5-15,27H,4,16H2,1-3H3,(H,33,34)/p-1/b23-15-. The lowest BCUT2D eigenvalue weighted by molar-refractivity contribution is -0.307. The van der Waals surface area contributed by atoms with E-state index in [4.69, 9.17) is 14.2 Å². The van der Waals surface area contributed by atoms with E-state index in [-0.39, 0.29) is 17.7 Å². The van der Waals surface area contributed by atoms with Crippen molar-refractivity contribution < 1.29 is 28.9 Å². The normalized spacial score (nSPS) is 15.0. The molecule has 10 heteroatoms. The van der Waals surface area contributed by atoms with Gasteiger partial charge in [-0.05, 0) is 54.5 Å². The van der Waals surface area contributed by atoms with Crippen molar-refractivity contribution in [1.82, 2.24) is 4.57 Å². The zero-order valence-corrected chi connectivity index (χ0v) is 22.8. The Morgan fingerprint density at radius 3 is 2.55 bits per heavy atom. The molecule has 0 amide bonds. The van der Waals surface area contributed by atoms with Crippen molar-refractivity contribution in [2.45, 2.75) is 19.9 Å². The Balaban J connectivity index is 1.72. The molecule has 0 radical (unpaired) electrons. The Morgan fingerprint density at radius 1 is 1.10 bits per heavy atom. The highest BCUT2D eigenvalue weighted by Crippen LogP contribution is 2.40. The number of carboxylic acids is 1. The molecule has 0 saturated heterocycles. The van der Waals surface area contributed by atoms with Crippen molar-refractivity contribution in [3.05, 3.63) is 103 Å². The van der Waals surface area contributed by atoms with Crippen LogP contribution in [0.5, 0.6) is 11.5 Å². The summed E-state index contributed by atoms with van der Waals surface area (Å²) in [4.78, 5) is 43.0. The second kappa shape index (κ2) is 11.2. The first-order valence-corrected chi connectivity index (χ1v) is 13.3. The monoisotopic (exact) mass is 557 g/mol. The minimum absolute atomic E-state index is 0.169. The fraction of sp³-hybridized carbons (Fsp3) is 0.200. The van der Waals surface area contributed by atoms with E-state index in [2.05, 4.69) is 4.99 Å². The van der Waals surface area contributed by atoms with Gasteiger partial charge in [0.1, 0.15) is 24.1 Å². The SMILES string of the molecule is CCOC(=O)C1=C(C)N=c2s/c(=C\c3ccc(OCC(=O)[O-])cc3)c(=O)n2C1c1c(OC)ccc2ccccc12. The van der Waals surface area contributed by atoms with Gasteiger partial charge >= 0.3 is 5.97 Å². The number of rotatable bonds is 8. The first kappa shape index (κ1) is 26.9. The van der Waals surface area contributed by atoms with Crippen molar-refractivity contribution >= 4 is 40.1 Å². The lowest BCUT2D eigenvalue weighted by Gasteiger charge is -2.27. The fourth-order valence-electron chi connectivity index (χ4n) is 4.75. The van der Waals surface area contributed by atoms with E-state index in [9.17, 15) is 19.5 Å². The highest BCUT2D eigenvalue weighted by Gasteiger charge is 2.36. The van der Waals surface area contributed by atoms with E-state index in [1.165, 1.54) is 15.9 Å². The molecule has 4 aromatic rings. The minimum atomic E-state index is -1.32. The molecule has 0 saturated carbocycles. The van der Waals surface area contributed by atoms with Crippen LogP contribution in [-0.4, -0.2) is 36.8 Å². The fourth-order valence-corrected chi connectivity index (χ4v) is 5.80. The third-order valence-corrected chi connectivity index (χ3v) is 7.46. The molecular weight excluding hydrogens is 532 g/mol. The molecule has 5 rings (SSSR count). The van der Waals surface area contributed by atoms with E-state index in [1.807, 2.05) is 36.4 Å². The number of hydrogen-bond acceptors (Lipinski definition) is 9. The van der Waals surface area contributed by atoms with Crippen LogP contribution in [0, 0.1) is 0 Å². The maximum Gasteiger partial charge on any atom is 0.338 e. The molecule has 1 aliphatic heterocycles. The molecule has 204 valence electrons. The van der Waals surface area contributed by atoms with Crippen molar-refractivity contribution in [2.24, 2.45) is 4.99 Å². The first-order chi connectivity index (χ1) is 19.3. The molecule has 1 atom stereocenters. The summed E-state index contributed by atoms with van der Waals surface area (Å²) >= 11 is 1.21. The smallest absolute Gasteiger partial charge is 0.338 e. The van der Waals surface area contributed by atoms with Gasteiger partial charge in [-0.15, -0.1) is 0 Å². The predicted molar refractivity (Wildman–Crippen MR) is 148 cm³/mol. The molecule has 1 unspecified atom stereocenters. The number of carbonyl (C=O) groups excluding carboxylic acids is 2. The number of ether oxygens (including phenoxy) is 3. The van der Waals surface area contributed by atoms with Gasteiger partial charge in [0.2, 0.25) is 0 Å². The largest absolute Gasteiger partial charge is 0.546 e. The van der Waals surface area contributed by atoms with Gasteiger partial charge in [-0.1, -0.05) is 53.8 Å². The van der Waals surface area contributed by atoms with Crippen molar-refractivity contribution in [3.63, 3.8) is 0 Å². The Morgan fingerprint density at radius 2 is 1.85 bits per heavy atom. The molecule has 3 aromatic carbocycles. The van der Waals surface area contributed by atoms with Crippen LogP contribution in [0.25, 0.3) is 16.8 Å². The molecule has 0 N–H and O–H groups in total. The maximum absolute atomic E-state index is 14.0. The van der Waals surface area contributed by atoms with Gasteiger partial charge < -0.3 is 24.1 Å². The number of hydrogen-bond donors (Lipinski definition) is 0. The molecular formula is C30H25N2O7S-. The van der Waals surface area contributed by atoms with Crippen LogP contribution >= 0.6 is 11.3 Å². The van der Waals surface area contributed by atoms with E-state index in [0.717, 1.165) is 10.8 Å². The number of aromatic nitrogens is 1. The van der Waals surface area contributed by atoms with E-state index < -0.39 is 24.6 Å². The number of fused-ring (bicyclic) bond motifs is 2. The zero-order chi connectivity index (χ0) is 28.4. The quantitative estimate of drug-likeness (QED) is 0.304. The lowest BCUT2D eigenvalue weighted by Crippen LogP contribution is -2.40.